The number of carbonyl (C=O) groups is 1. The first kappa shape index (κ1) is 25.0. The van der Waals surface area contributed by atoms with Crippen LogP contribution in [0.1, 0.15) is 42.2 Å². The van der Waals surface area contributed by atoms with Crippen molar-refractivity contribution in [1.82, 2.24) is 20.2 Å². The van der Waals surface area contributed by atoms with E-state index in [4.69, 9.17) is 38.9 Å². The molecule has 32 heavy (non-hydrogen) atoms. The first-order valence-corrected chi connectivity index (χ1v) is 10.7. The number of rotatable bonds is 11. The highest BCUT2D eigenvalue weighted by Crippen LogP contribution is 2.18. The number of ether oxygens (including phenoxy) is 1. The van der Waals surface area contributed by atoms with E-state index < -0.39 is 5.91 Å². The molecule has 8 N–H and O–H groups in total. The largest absolute Gasteiger partial charge is 0.497 e. The van der Waals surface area contributed by atoms with Crippen LogP contribution in [0, 0.1) is 5.41 Å². The number of aryl methyl sites for hydroxylation is 1. The molecular formula is C21H31ClN8O2. The fraction of sp³-hybridized carbons (Fsp3) is 0.429. The number of benzene rings is 1. The van der Waals surface area contributed by atoms with Crippen molar-refractivity contribution in [3.63, 3.8) is 0 Å². The molecule has 2 rings (SSSR count). The molecule has 0 spiro atoms. The maximum absolute atomic E-state index is 12.6. The van der Waals surface area contributed by atoms with Gasteiger partial charge < -0.3 is 32.2 Å². The summed E-state index contributed by atoms with van der Waals surface area (Å²) in [4.78, 5) is 22.1. The Morgan fingerprint density at radius 1 is 1.25 bits per heavy atom. The number of carbonyl (C=O) groups excluding carboxylic acids is 1. The van der Waals surface area contributed by atoms with E-state index in [1.807, 2.05) is 31.2 Å². The number of nitrogens with zero attached hydrogens (tertiary/aromatic N) is 3. The van der Waals surface area contributed by atoms with Crippen LogP contribution in [0.15, 0.2) is 24.3 Å². The maximum Gasteiger partial charge on any atom is 0.273 e. The summed E-state index contributed by atoms with van der Waals surface area (Å²) in [5, 5.41) is 10.7. The van der Waals surface area contributed by atoms with Crippen LogP contribution in [-0.4, -0.2) is 53.0 Å². The van der Waals surface area contributed by atoms with E-state index in [2.05, 4.69) is 15.3 Å². The zero-order chi connectivity index (χ0) is 23.7. The number of nitrogens with two attached hydrogens (primary N) is 3. The summed E-state index contributed by atoms with van der Waals surface area (Å²) in [7, 11) is 1.63. The molecule has 0 fully saturated rings. The minimum atomic E-state index is -0.514. The lowest BCUT2D eigenvalue weighted by Crippen LogP contribution is -2.50. The Bertz CT molecular complexity index is 923. The van der Waals surface area contributed by atoms with Gasteiger partial charge in [0.25, 0.3) is 5.91 Å². The van der Waals surface area contributed by atoms with Gasteiger partial charge in [-0.25, -0.2) is 9.97 Å². The van der Waals surface area contributed by atoms with Crippen molar-refractivity contribution in [2.24, 2.45) is 5.73 Å². The topological polar surface area (TPSA) is 169 Å². The number of nitrogen functional groups attached to an aromatic ring is 2. The van der Waals surface area contributed by atoms with Gasteiger partial charge in [-0.2, -0.15) is 0 Å². The Hall–Kier alpha value is -3.27. The van der Waals surface area contributed by atoms with Crippen LogP contribution in [-0.2, 0) is 6.42 Å². The predicted molar refractivity (Wildman–Crippen MR) is 127 cm³/mol. The van der Waals surface area contributed by atoms with Gasteiger partial charge in [0, 0.05) is 19.1 Å². The number of hydrogen-bond acceptors (Lipinski definition) is 7. The third-order valence-corrected chi connectivity index (χ3v) is 5.29. The predicted octanol–water partition coefficient (Wildman–Crippen LogP) is 2.03. The Morgan fingerprint density at radius 2 is 1.94 bits per heavy atom. The smallest absolute Gasteiger partial charge is 0.273 e. The molecule has 0 bridgehead atoms. The highest BCUT2D eigenvalue weighted by Gasteiger charge is 2.22. The number of hydrogen-bond donors (Lipinski definition) is 5. The number of aromatic nitrogens is 2. The highest BCUT2D eigenvalue weighted by atomic mass is 35.5. The fourth-order valence-corrected chi connectivity index (χ4v) is 3.48. The summed E-state index contributed by atoms with van der Waals surface area (Å²) in [6.45, 7) is 2.88. The van der Waals surface area contributed by atoms with E-state index in [9.17, 15) is 4.79 Å². The molecule has 2 aromatic rings. The summed E-state index contributed by atoms with van der Waals surface area (Å²) in [6, 6.07) is 7.72. The van der Waals surface area contributed by atoms with Crippen molar-refractivity contribution in [3.05, 3.63) is 40.7 Å². The second kappa shape index (κ2) is 11.9. The number of anilines is 2. The highest BCUT2D eigenvalue weighted by molar-refractivity contribution is 6.31. The summed E-state index contributed by atoms with van der Waals surface area (Å²) in [6.07, 6.45) is 3.23. The van der Waals surface area contributed by atoms with Gasteiger partial charge in [-0.15, -0.1) is 0 Å². The molecule has 1 heterocycles. The first-order chi connectivity index (χ1) is 15.3. The second-order valence-electron chi connectivity index (χ2n) is 7.32. The Labute approximate surface area is 193 Å². The fourth-order valence-electron chi connectivity index (χ4n) is 3.35. The van der Waals surface area contributed by atoms with Gasteiger partial charge in [-0.1, -0.05) is 37.1 Å². The molecule has 1 atom stereocenters. The van der Waals surface area contributed by atoms with E-state index in [1.165, 1.54) is 5.56 Å². The van der Waals surface area contributed by atoms with E-state index in [-0.39, 0.29) is 41.0 Å². The third kappa shape index (κ3) is 6.88. The Morgan fingerprint density at radius 3 is 2.53 bits per heavy atom. The van der Waals surface area contributed by atoms with E-state index in [1.54, 1.807) is 12.0 Å². The first-order valence-electron chi connectivity index (χ1n) is 10.4. The molecule has 0 aliphatic carbocycles. The van der Waals surface area contributed by atoms with E-state index in [0.717, 1.165) is 31.4 Å². The van der Waals surface area contributed by atoms with Crippen molar-refractivity contribution < 1.29 is 9.53 Å². The molecule has 0 aliphatic rings. The van der Waals surface area contributed by atoms with Crippen LogP contribution >= 0.6 is 11.6 Å². The second-order valence-corrected chi connectivity index (χ2v) is 7.67. The van der Waals surface area contributed by atoms with Gasteiger partial charge in [0.05, 0.1) is 7.11 Å². The van der Waals surface area contributed by atoms with Crippen LogP contribution < -0.4 is 27.3 Å². The van der Waals surface area contributed by atoms with Crippen LogP contribution in [0.25, 0.3) is 0 Å². The lowest BCUT2D eigenvalue weighted by molar-refractivity contribution is 0.0937. The average Bonchev–Trinajstić information content (AvgIpc) is 2.77. The SMILES string of the molecule is CCC[C@H](CNC(=O)c1nc(Cl)c(N)nc1N)N(CCCc1ccc(OC)cc1)C(=N)N. The minimum Gasteiger partial charge on any atom is -0.497 e. The van der Waals surface area contributed by atoms with Crippen LogP contribution in [0.2, 0.25) is 5.15 Å². The number of halogens is 1. The van der Waals surface area contributed by atoms with Crippen LogP contribution in [0.5, 0.6) is 5.75 Å². The number of methoxy groups -OCH3 is 1. The summed E-state index contributed by atoms with van der Waals surface area (Å²) >= 11 is 5.86. The third-order valence-electron chi connectivity index (χ3n) is 5.01. The number of guanidine groups is 1. The average molecular weight is 463 g/mol. The summed E-state index contributed by atoms with van der Waals surface area (Å²) in [5.41, 5.74) is 18.3. The summed E-state index contributed by atoms with van der Waals surface area (Å²) < 4.78 is 5.18. The lowest BCUT2D eigenvalue weighted by Gasteiger charge is -2.32. The van der Waals surface area contributed by atoms with Gasteiger partial charge >= 0.3 is 0 Å². The van der Waals surface area contributed by atoms with Crippen molar-refractivity contribution in [2.45, 2.75) is 38.6 Å². The molecule has 1 amide bonds. The molecule has 0 saturated heterocycles. The van der Waals surface area contributed by atoms with Crippen molar-refractivity contribution in [1.29, 1.82) is 5.41 Å². The summed E-state index contributed by atoms with van der Waals surface area (Å²) in [5.74, 6) is 0.121. The molecule has 1 aromatic carbocycles. The molecular weight excluding hydrogens is 432 g/mol. The molecule has 1 aromatic heterocycles. The van der Waals surface area contributed by atoms with Crippen molar-refractivity contribution in [2.75, 3.05) is 31.7 Å². The van der Waals surface area contributed by atoms with Gasteiger partial charge in [0.2, 0.25) is 0 Å². The molecule has 0 radical (unpaired) electrons. The maximum atomic E-state index is 12.6. The van der Waals surface area contributed by atoms with Crippen molar-refractivity contribution in [3.8, 4) is 5.75 Å². The Kier molecular flexibility index (Phi) is 9.33. The van der Waals surface area contributed by atoms with E-state index >= 15 is 0 Å². The molecule has 174 valence electrons. The molecule has 11 heteroatoms. The van der Waals surface area contributed by atoms with Crippen LogP contribution in [0.4, 0.5) is 11.6 Å². The minimum absolute atomic E-state index is 0.0378. The Balaban J connectivity index is 2.00. The number of amides is 1. The van der Waals surface area contributed by atoms with Gasteiger partial charge in [-0.05, 0) is 37.0 Å². The molecule has 0 aliphatic heterocycles. The zero-order valence-electron chi connectivity index (χ0n) is 18.4. The standard InChI is InChI=1S/C21H31ClN8O2/c1-3-5-14(12-27-20(31)16-18(23)29-19(24)17(22)28-16)30(21(25)26)11-4-6-13-7-9-15(32-2)10-8-13/h7-10,14H,3-6,11-12H2,1-2H3,(H3,25,26)(H,27,31)(H4,23,24,29)/t14-/m1/s1. The van der Waals surface area contributed by atoms with Crippen molar-refractivity contribution >= 4 is 35.1 Å². The molecule has 0 unspecified atom stereocenters. The van der Waals surface area contributed by atoms with Crippen LogP contribution in [0.3, 0.4) is 0 Å². The van der Waals surface area contributed by atoms with Gasteiger partial charge in [-0.3, -0.25) is 10.2 Å². The number of nitrogens with one attached hydrogen (secondary N) is 2. The molecule has 10 nitrogen and oxygen atoms in total. The van der Waals surface area contributed by atoms with Gasteiger partial charge in [0.1, 0.15) is 5.75 Å². The normalized spacial score (nSPS) is 11.6. The quantitative estimate of drug-likeness (QED) is 0.249. The zero-order valence-corrected chi connectivity index (χ0v) is 19.2. The molecule has 0 saturated carbocycles. The van der Waals surface area contributed by atoms with E-state index in [0.29, 0.717) is 6.54 Å². The lowest BCUT2D eigenvalue weighted by atomic mass is 10.1. The van der Waals surface area contributed by atoms with Gasteiger partial charge in [0.15, 0.2) is 28.4 Å². The monoisotopic (exact) mass is 462 g/mol.